The number of thiol groups is 1. The third-order valence-corrected chi connectivity index (χ3v) is 2.38. The molecule has 18 heavy (non-hydrogen) atoms. The molecule has 1 amide bonds. The van der Waals surface area contributed by atoms with Crippen LogP contribution in [0.25, 0.3) is 0 Å². The molecule has 5 nitrogen and oxygen atoms in total. The summed E-state index contributed by atoms with van der Waals surface area (Å²) in [6.45, 7) is 7.50. The van der Waals surface area contributed by atoms with Crippen molar-refractivity contribution in [2.75, 3.05) is 12.4 Å². The average Bonchev–Trinajstić information content (AvgIpc) is 2.22. The Kier molecular flexibility index (Phi) is 7.82. The van der Waals surface area contributed by atoms with E-state index in [4.69, 9.17) is 9.47 Å². The van der Waals surface area contributed by atoms with Gasteiger partial charge in [-0.2, -0.15) is 12.6 Å². The van der Waals surface area contributed by atoms with E-state index >= 15 is 0 Å². The average molecular weight is 277 g/mol. The monoisotopic (exact) mass is 277 g/mol. The van der Waals surface area contributed by atoms with E-state index in [0.29, 0.717) is 18.8 Å². The molecule has 106 valence electrons. The van der Waals surface area contributed by atoms with E-state index in [2.05, 4.69) is 17.9 Å². The first-order chi connectivity index (χ1) is 8.28. The molecule has 0 aromatic heterocycles. The number of nitrogens with one attached hydrogen (secondary N) is 1. The van der Waals surface area contributed by atoms with Crippen LogP contribution in [0.15, 0.2) is 0 Å². The Morgan fingerprint density at radius 2 is 1.94 bits per heavy atom. The standard InChI is InChI=1S/C12H23NO4S/c1-5-16-10(14)7-6-9(8-18)13-11(15)17-12(2,3)4/h9,18H,5-8H2,1-4H3,(H,13,15)/t9-/m1/s1. The summed E-state index contributed by atoms with van der Waals surface area (Å²) in [5.74, 6) is 0.175. The Labute approximate surface area is 114 Å². The van der Waals surface area contributed by atoms with Gasteiger partial charge in [-0.1, -0.05) is 0 Å². The molecule has 0 saturated carbocycles. The highest BCUT2D eigenvalue weighted by atomic mass is 32.1. The summed E-state index contributed by atoms with van der Waals surface area (Å²) in [5, 5.41) is 2.68. The first-order valence-electron chi connectivity index (χ1n) is 6.04. The van der Waals surface area contributed by atoms with Gasteiger partial charge in [-0.25, -0.2) is 4.79 Å². The SMILES string of the molecule is CCOC(=O)CC[C@H](CS)NC(=O)OC(C)(C)C. The van der Waals surface area contributed by atoms with E-state index < -0.39 is 11.7 Å². The number of hydrogen-bond acceptors (Lipinski definition) is 5. The fourth-order valence-corrected chi connectivity index (χ4v) is 1.48. The van der Waals surface area contributed by atoms with E-state index in [1.807, 2.05) is 0 Å². The van der Waals surface area contributed by atoms with Crippen LogP contribution >= 0.6 is 12.6 Å². The van der Waals surface area contributed by atoms with Crippen LogP contribution < -0.4 is 5.32 Å². The molecule has 0 heterocycles. The van der Waals surface area contributed by atoms with Gasteiger partial charge in [-0.3, -0.25) is 4.79 Å². The number of rotatable bonds is 6. The van der Waals surface area contributed by atoms with Gasteiger partial charge in [-0.05, 0) is 34.1 Å². The molecular formula is C12H23NO4S. The first kappa shape index (κ1) is 17.1. The van der Waals surface area contributed by atoms with Crippen molar-refractivity contribution in [3.63, 3.8) is 0 Å². The molecule has 0 rings (SSSR count). The van der Waals surface area contributed by atoms with E-state index in [-0.39, 0.29) is 18.4 Å². The minimum absolute atomic E-state index is 0.201. The van der Waals surface area contributed by atoms with Gasteiger partial charge >= 0.3 is 12.1 Å². The molecule has 6 heteroatoms. The number of alkyl carbamates (subject to hydrolysis) is 1. The van der Waals surface area contributed by atoms with Gasteiger partial charge in [0.05, 0.1) is 6.61 Å². The van der Waals surface area contributed by atoms with E-state index in [9.17, 15) is 9.59 Å². The van der Waals surface area contributed by atoms with E-state index in [0.717, 1.165) is 0 Å². The zero-order valence-electron chi connectivity index (χ0n) is 11.5. The van der Waals surface area contributed by atoms with Gasteiger partial charge in [0.15, 0.2) is 0 Å². The van der Waals surface area contributed by atoms with Crippen molar-refractivity contribution in [3.05, 3.63) is 0 Å². The normalized spacial score (nSPS) is 12.7. The summed E-state index contributed by atoms with van der Waals surface area (Å²) in [7, 11) is 0. The van der Waals surface area contributed by atoms with Crippen LogP contribution in [0.1, 0.15) is 40.5 Å². The van der Waals surface area contributed by atoms with Gasteiger partial charge < -0.3 is 14.8 Å². The molecule has 0 aliphatic rings. The van der Waals surface area contributed by atoms with Gasteiger partial charge in [0.25, 0.3) is 0 Å². The quantitative estimate of drug-likeness (QED) is 0.577. The second-order valence-corrected chi connectivity index (χ2v) is 5.23. The molecule has 0 fully saturated rings. The number of hydrogen-bond donors (Lipinski definition) is 2. The fraction of sp³-hybridized carbons (Fsp3) is 0.833. The van der Waals surface area contributed by atoms with Crippen LogP contribution in [-0.4, -0.2) is 36.1 Å². The molecule has 0 radical (unpaired) electrons. The van der Waals surface area contributed by atoms with Crippen LogP contribution in [0.4, 0.5) is 4.79 Å². The van der Waals surface area contributed by atoms with E-state index in [1.54, 1.807) is 27.7 Å². The first-order valence-corrected chi connectivity index (χ1v) is 6.67. The number of esters is 1. The molecule has 0 aliphatic heterocycles. The lowest BCUT2D eigenvalue weighted by atomic mass is 10.2. The summed E-state index contributed by atoms with van der Waals surface area (Å²) in [5.41, 5.74) is -0.535. The lowest BCUT2D eigenvalue weighted by molar-refractivity contribution is -0.143. The molecule has 0 saturated heterocycles. The maximum atomic E-state index is 11.5. The van der Waals surface area contributed by atoms with Crippen LogP contribution in [-0.2, 0) is 14.3 Å². The Hall–Kier alpha value is -0.910. The number of ether oxygens (including phenoxy) is 2. The summed E-state index contributed by atoms with van der Waals surface area (Å²) < 4.78 is 9.94. The van der Waals surface area contributed by atoms with Crippen LogP contribution in [0, 0.1) is 0 Å². The molecule has 1 N–H and O–H groups in total. The predicted molar refractivity (Wildman–Crippen MR) is 72.9 cm³/mol. The second-order valence-electron chi connectivity index (χ2n) is 4.87. The number of amides is 1. The van der Waals surface area contributed by atoms with Crippen molar-refractivity contribution in [2.24, 2.45) is 0 Å². The van der Waals surface area contributed by atoms with Crippen molar-refractivity contribution in [3.8, 4) is 0 Å². The predicted octanol–water partition coefficient (Wildman–Crippen LogP) is 2.15. The third-order valence-electron chi connectivity index (χ3n) is 1.94. The molecule has 0 spiro atoms. The Morgan fingerprint density at radius 1 is 1.33 bits per heavy atom. The van der Waals surface area contributed by atoms with Gasteiger partial charge in [-0.15, -0.1) is 0 Å². The van der Waals surface area contributed by atoms with Crippen LogP contribution in [0.5, 0.6) is 0 Å². The molecule has 0 aromatic rings. The van der Waals surface area contributed by atoms with Crippen molar-refractivity contribution in [1.82, 2.24) is 5.32 Å². The van der Waals surface area contributed by atoms with Crippen LogP contribution in [0.3, 0.4) is 0 Å². The molecule has 0 unspecified atom stereocenters. The maximum Gasteiger partial charge on any atom is 0.407 e. The third kappa shape index (κ3) is 9.15. The number of carbonyl (C=O) groups is 2. The minimum atomic E-state index is -0.535. The van der Waals surface area contributed by atoms with Crippen molar-refractivity contribution in [1.29, 1.82) is 0 Å². The highest BCUT2D eigenvalue weighted by molar-refractivity contribution is 7.80. The summed E-state index contributed by atoms with van der Waals surface area (Å²) in [4.78, 5) is 22.7. The second kappa shape index (κ2) is 8.24. The van der Waals surface area contributed by atoms with Crippen molar-refractivity contribution < 1.29 is 19.1 Å². The minimum Gasteiger partial charge on any atom is -0.466 e. The zero-order chi connectivity index (χ0) is 14.2. The molecule has 0 aromatic carbocycles. The van der Waals surface area contributed by atoms with Crippen molar-refractivity contribution in [2.45, 2.75) is 52.2 Å². The molecule has 0 aliphatic carbocycles. The maximum absolute atomic E-state index is 11.5. The topological polar surface area (TPSA) is 64.6 Å². The Balaban J connectivity index is 4.03. The van der Waals surface area contributed by atoms with Gasteiger partial charge in [0.2, 0.25) is 0 Å². The smallest absolute Gasteiger partial charge is 0.407 e. The largest absolute Gasteiger partial charge is 0.466 e. The molecule has 1 atom stereocenters. The molecular weight excluding hydrogens is 254 g/mol. The highest BCUT2D eigenvalue weighted by Gasteiger charge is 2.19. The van der Waals surface area contributed by atoms with Crippen molar-refractivity contribution >= 4 is 24.7 Å². The Bertz CT molecular complexity index is 276. The summed E-state index contributed by atoms with van der Waals surface area (Å²) >= 11 is 4.13. The lowest BCUT2D eigenvalue weighted by Gasteiger charge is -2.22. The molecule has 0 bridgehead atoms. The number of carbonyl (C=O) groups excluding carboxylic acids is 2. The summed E-state index contributed by atoms with van der Waals surface area (Å²) in [6, 6.07) is -0.201. The van der Waals surface area contributed by atoms with Gasteiger partial charge in [0, 0.05) is 18.2 Å². The lowest BCUT2D eigenvalue weighted by Crippen LogP contribution is -2.40. The Morgan fingerprint density at radius 3 is 2.39 bits per heavy atom. The van der Waals surface area contributed by atoms with Crippen LogP contribution in [0.2, 0.25) is 0 Å². The zero-order valence-corrected chi connectivity index (χ0v) is 12.4. The summed E-state index contributed by atoms with van der Waals surface area (Å²) in [6.07, 6.45) is 0.251. The highest BCUT2D eigenvalue weighted by Crippen LogP contribution is 2.08. The van der Waals surface area contributed by atoms with E-state index in [1.165, 1.54) is 0 Å². The fourth-order valence-electron chi connectivity index (χ4n) is 1.21. The van der Waals surface area contributed by atoms with Gasteiger partial charge in [0.1, 0.15) is 5.60 Å².